The molecular formula is C14H14ClNO. The van der Waals surface area contributed by atoms with Crippen LogP contribution in [-0.4, -0.2) is 5.11 Å². The van der Waals surface area contributed by atoms with Gasteiger partial charge in [-0.05, 0) is 30.7 Å². The van der Waals surface area contributed by atoms with E-state index in [1.807, 2.05) is 49.4 Å². The number of rotatable bonds is 3. The summed E-state index contributed by atoms with van der Waals surface area (Å²) in [5.41, 5.74) is 3.73. The van der Waals surface area contributed by atoms with Gasteiger partial charge in [0.05, 0.1) is 6.61 Å². The van der Waals surface area contributed by atoms with Crippen molar-refractivity contribution >= 4 is 23.0 Å². The summed E-state index contributed by atoms with van der Waals surface area (Å²) >= 11 is 6.06. The van der Waals surface area contributed by atoms with E-state index in [0.717, 1.165) is 27.5 Å². The third-order valence-corrected chi connectivity index (χ3v) is 3.13. The van der Waals surface area contributed by atoms with Gasteiger partial charge in [0.15, 0.2) is 0 Å². The molecule has 3 heteroatoms. The third-order valence-electron chi connectivity index (χ3n) is 2.72. The highest BCUT2D eigenvalue weighted by atomic mass is 35.5. The van der Waals surface area contributed by atoms with E-state index in [0.29, 0.717) is 0 Å². The Hall–Kier alpha value is -1.51. The van der Waals surface area contributed by atoms with E-state index in [9.17, 15) is 5.11 Å². The average Bonchev–Trinajstić information content (AvgIpc) is 2.35. The van der Waals surface area contributed by atoms with Crippen LogP contribution in [0.15, 0.2) is 42.5 Å². The quantitative estimate of drug-likeness (QED) is 0.863. The lowest BCUT2D eigenvalue weighted by Crippen LogP contribution is -1.97. The topological polar surface area (TPSA) is 32.3 Å². The Labute approximate surface area is 106 Å². The van der Waals surface area contributed by atoms with Gasteiger partial charge < -0.3 is 10.4 Å². The molecule has 0 atom stereocenters. The van der Waals surface area contributed by atoms with Gasteiger partial charge in [0.2, 0.25) is 0 Å². The molecule has 0 aliphatic rings. The van der Waals surface area contributed by atoms with Crippen LogP contribution in [0.2, 0.25) is 5.02 Å². The van der Waals surface area contributed by atoms with Crippen LogP contribution in [0.5, 0.6) is 0 Å². The monoisotopic (exact) mass is 247 g/mol. The molecule has 88 valence electrons. The number of para-hydroxylation sites is 1. The molecule has 0 fully saturated rings. The number of nitrogens with one attached hydrogen (secondary N) is 1. The maximum atomic E-state index is 9.25. The predicted molar refractivity (Wildman–Crippen MR) is 71.8 cm³/mol. The fraction of sp³-hybridized carbons (Fsp3) is 0.143. The molecule has 0 spiro atoms. The molecule has 0 radical (unpaired) electrons. The Bertz CT molecular complexity index is 525. The second kappa shape index (κ2) is 5.21. The molecule has 2 aromatic rings. The Morgan fingerprint density at radius 1 is 1.06 bits per heavy atom. The van der Waals surface area contributed by atoms with Crippen molar-refractivity contribution in [3.63, 3.8) is 0 Å². The standard InChI is InChI=1S/C14H14ClNO/c1-10-12(15)6-4-8-13(10)16-14-7-3-2-5-11(14)9-17/h2-8,16-17H,9H2,1H3. The molecule has 2 rings (SSSR count). The highest BCUT2D eigenvalue weighted by molar-refractivity contribution is 6.31. The van der Waals surface area contributed by atoms with Gasteiger partial charge in [-0.25, -0.2) is 0 Å². The first kappa shape index (κ1) is 12.0. The van der Waals surface area contributed by atoms with Crippen molar-refractivity contribution in [2.45, 2.75) is 13.5 Å². The fourth-order valence-corrected chi connectivity index (χ4v) is 1.84. The Balaban J connectivity index is 2.35. The van der Waals surface area contributed by atoms with Gasteiger partial charge in [-0.2, -0.15) is 0 Å². The molecule has 0 saturated carbocycles. The summed E-state index contributed by atoms with van der Waals surface area (Å²) in [5.74, 6) is 0. The summed E-state index contributed by atoms with van der Waals surface area (Å²) in [5, 5.41) is 13.3. The van der Waals surface area contributed by atoms with E-state index in [2.05, 4.69) is 5.32 Å². The van der Waals surface area contributed by atoms with Crippen LogP contribution in [-0.2, 0) is 6.61 Å². The maximum absolute atomic E-state index is 9.25. The van der Waals surface area contributed by atoms with Crippen molar-refractivity contribution in [2.75, 3.05) is 5.32 Å². The van der Waals surface area contributed by atoms with Gasteiger partial charge in [0, 0.05) is 22.0 Å². The van der Waals surface area contributed by atoms with Gasteiger partial charge in [-0.15, -0.1) is 0 Å². The summed E-state index contributed by atoms with van der Waals surface area (Å²) in [6.07, 6.45) is 0. The number of aliphatic hydroxyl groups excluding tert-OH is 1. The second-order valence-electron chi connectivity index (χ2n) is 3.85. The van der Waals surface area contributed by atoms with E-state index in [4.69, 9.17) is 11.6 Å². The Morgan fingerprint density at radius 2 is 1.76 bits per heavy atom. The van der Waals surface area contributed by atoms with Crippen molar-refractivity contribution in [3.8, 4) is 0 Å². The second-order valence-corrected chi connectivity index (χ2v) is 4.26. The first-order chi connectivity index (χ1) is 8.22. The van der Waals surface area contributed by atoms with Gasteiger partial charge in [0.1, 0.15) is 0 Å². The molecule has 2 nitrogen and oxygen atoms in total. The van der Waals surface area contributed by atoms with Gasteiger partial charge in [-0.3, -0.25) is 0 Å². The molecular weight excluding hydrogens is 234 g/mol. The molecule has 0 aliphatic carbocycles. The van der Waals surface area contributed by atoms with Crippen LogP contribution in [0.1, 0.15) is 11.1 Å². The summed E-state index contributed by atoms with van der Waals surface area (Å²) in [4.78, 5) is 0. The molecule has 0 aromatic heterocycles. The smallest absolute Gasteiger partial charge is 0.0702 e. The molecule has 2 aromatic carbocycles. The lowest BCUT2D eigenvalue weighted by Gasteiger charge is -2.13. The van der Waals surface area contributed by atoms with E-state index in [-0.39, 0.29) is 6.61 Å². The van der Waals surface area contributed by atoms with E-state index in [1.54, 1.807) is 0 Å². The van der Waals surface area contributed by atoms with Crippen LogP contribution in [0.25, 0.3) is 0 Å². The van der Waals surface area contributed by atoms with Crippen LogP contribution in [0.3, 0.4) is 0 Å². The van der Waals surface area contributed by atoms with Crippen molar-refractivity contribution in [1.29, 1.82) is 0 Å². The van der Waals surface area contributed by atoms with Crippen LogP contribution in [0, 0.1) is 6.92 Å². The largest absolute Gasteiger partial charge is 0.392 e. The summed E-state index contributed by atoms with van der Waals surface area (Å²) in [6.45, 7) is 1.98. The van der Waals surface area contributed by atoms with Gasteiger partial charge in [-0.1, -0.05) is 35.9 Å². The fourth-order valence-electron chi connectivity index (χ4n) is 1.67. The zero-order valence-corrected chi connectivity index (χ0v) is 10.3. The number of halogens is 1. The van der Waals surface area contributed by atoms with Crippen molar-refractivity contribution < 1.29 is 5.11 Å². The number of aliphatic hydroxyl groups is 1. The van der Waals surface area contributed by atoms with Gasteiger partial charge >= 0.3 is 0 Å². The highest BCUT2D eigenvalue weighted by Gasteiger charge is 2.04. The Morgan fingerprint density at radius 3 is 2.53 bits per heavy atom. The number of anilines is 2. The molecule has 2 N–H and O–H groups in total. The first-order valence-corrected chi connectivity index (χ1v) is 5.81. The van der Waals surface area contributed by atoms with Crippen molar-refractivity contribution in [2.24, 2.45) is 0 Å². The minimum Gasteiger partial charge on any atom is -0.392 e. The molecule has 0 unspecified atom stereocenters. The predicted octanol–water partition coefficient (Wildman–Crippen LogP) is 3.88. The SMILES string of the molecule is Cc1c(Cl)cccc1Nc1ccccc1CO. The van der Waals surface area contributed by atoms with Crippen LogP contribution >= 0.6 is 11.6 Å². The van der Waals surface area contributed by atoms with E-state index < -0.39 is 0 Å². The summed E-state index contributed by atoms with van der Waals surface area (Å²) in [6, 6.07) is 13.4. The zero-order chi connectivity index (χ0) is 12.3. The average molecular weight is 248 g/mol. The number of benzene rings is 2. The molecule has 0 bridgehead atoms. The van der Waals surface area contributed by atoms with Crippen molar-refractivity contribution in [3.05, 3.63) is 58.6 Å². The molecule has 0 amide bonds. The lowest BCUT2D eigenvalue weighted by atomic mass is 10.1. The molecule has 0 heterocycles. The molecule has 0 saturated heterocycles. The first-order valence-electron chi connectivity index (χ1n) is 5.43. The van der Waals surface area contributed by atoms with E-state index >= 15 is 0 Å². The number of hydrogen-bond acceptors (Lipinski definition) is 2. The third kappa shape index (κ3) is 2.60. The molecule has 0 aliphatic heterocycles. The molecule has 17 heavy (non-hydrogen) atoms. The minimum atomic E-state index is 0.0167. The van der Waals surface area contributed by atoms with Crippen LogP contribution < -0.4 is 5.32 Å². The lowest BCUT2D eigenvalue weighted by molar-refractivity contribution is 0.282. The van der Waals surface area contributed by atoms with Gasteiger partial charge in [0.25, 0.3) is 0 Å². The minimum absolute atomic E-state index is 0.0167. The summed E-state index contributed by atoms with van der Waals surface area (Å²) in [7, 11) is 0. The van der Waals surface area contributed by atoms with Crippen LogP contribution in [0.4, 0.5) is 11.4 Å². The Kier molecular flexibility index (Phi) is 3.67. The highest BCUT2D eigenvalue weighted by Crippen LogP contribution is 2.27. The zero-order valence-electron chi connectivity index (χ0n) is 9.57. The van der Waals surface area contributed by atoms with Crippen molar-refractivity contribution in [1.82, 2.24) is 0 Å². The maximum Gasteiger partial charge on any atom is 0.0702 e. The number of hydrogen-bond donors (Lipinski definition) is 2. The normalized spacial score (nSPS) is 10.3. The summed E-state index contributed by atoms with van der Waals surface area (Å²) < 4.78 is 0. The van der Waals surface area contributed by atoms with E-state index in [1.165, 1.54) is 0 Å².